The number of hydrogen-bond acceptors (Lipinski definition) is 7. The van der Waals surface area contributed by atoms with Gasteiger partial charge in [0.15, 0.2) is 5.01 Å². The van der Waals surface area contributed by atoms with Crippen molar-refractivity contribution in [1.29, 1.82) is 0 Å². The van der Waals surface area contributed by atoms with Gasteiger partial charge in [0.25, 0.3) is 0 Å². The number of nitrogens with one attached hydrogen (secondary N) is 1. The summed E-state index contributed by atoms with van der Waals surface area (Å²) in [6.45, 7) is 5.72. The van der Waals surface area contributed by atoms with Gasteiger partial charge in [0.2, 0.25) is 5.13 Å². The van der Waals surface area contributed by atoms with Crippen LogP contribution in [0.3, 0.4) is 0 Å². The average Bonchev–Trinajstić information content (AvgIpc) is 3.23. The van der Waals surface area contributed by atoms with E-state index < -0.39 is 17.4 Å². The number of halogens is 4. The molecule has 0 saturated heterocycles. The molecule has 0 atom stereocenters. The van der Waals surface area contributed by atoms with E-state index in [1.807, 2.05) is 32.0 Å². The van der Waals surface area contributed by atoms with E-state index in [2.05, 4.69) is 20.4 Å². The molecule has 0 aliphatic rings. The quantitative estimate of drug-likeness (QED) is 0.305. The van der Waals surface area contributed by atoms with Gasteiger partial charge in [-0.05, 0) is 50.2 Å². The Morgan fingerprint density at radius 3 is 2.55 bits per heavy atom. The molecule has 33 heavy (non-hydrogen) atoms. The number of anilines is 3. The molecule has 6 nitrogen and oxygen atoms in total. The topological polar surface area (TPSA) is 71.3 Å². The Labute approximate surface area is 195 Å². The molecule has 172 valence electrons. The molecule has 0 spiro atoms. The number of nitrogens with zero attached hydrogens (tertiary/aromatic N) is 3. The summed E-state index contributed by atoms with van der Waals surface area (Å²) in [6.07, 6.45) is -4.51. The normalized spacial score (nSPS) is 11.7. The van der Waals surface area contributed by atoms with Gasteiger partial charge >= 0.3 is 11.8 Å². The maximum atomic E-state index is 13.0. The van der Waals surface area contributed by atoms with Crippen LogP contribution >= 0.6 is 22.9 Å². The second-order valence-electron chi connectivity index (χ2n) is 7.07. The predicted molar refractivity (Wildman–Crippen MR) is 125 cm³/mol. The third-order valence-corrected chi connectivity index (χ3v) is 6.24. The van der Waals surface area contributed by atoms with E-state index >= 15 is 0 Å². The molecular formula is C22H18ClF3N4O2S. The molecule has 0 aliphatic heterocycles. The van der Waals surface area contributed by atoms with Crippen molar-refractivity contribution in [3.63, 3.8) is 0 Å². The number of benzene rings is 2. The molecule has 0 unspecified atom stereocenters. The fourth-order valence-corrected chi connectivity index (χ4v) is 4.25. The summed E-state index contributed by atoms with van der Waals surface area (Å²) in [5.41, 5.74) is 0.204. The fraction of sp³-hybridized carbons (Fsp3) is 0.227. The Morgan fingerprint density at radius 2 is 1.85 bits per heavy atom. The zero-order chi connectivity index (χ0) is 23.8. The lowest BCUT2D eigenvalue weighted by molar-refractivity contribution is -0.137. The van der Waals surface area contributed by atoms with Gasteiger partial charge in [-0.25, -0.2) is 4.79 Å². The van der Waals surface area contributed by atoms with Crippen molar-refractivity contribution in [1.82, 2.24) is 10.2 Å². The van der Waals surface area contributed by atoms with E-state index in [4.69, 9.17) is 16.0 Å². The first-order valence-corrected chi connectivity index (χ1v) is 11.2. The number of alkyl halides is 3. The standard InChI is InChI=1S/C22H18ClF3N4O2S/c1-3-30(4-2)14-7-5-12-9-15(20(31)32-18(12)11-14)19-28-29-21(33-19)27-17-10-13(22(24,25)26)6-8-16(17)23/h5-11H,3-4H2,1-2H3,(H,27,29). The number of fused-ring (bicyclic) bond motifs is 1. The zero-order valence-corrected chi connectivity index (χ0v) is 19.1. The van der Waals surface area contributed by atoms with E-state index in [-0.39, 0.29) is 26.4 Å². The predicted octanol–water partition coefficient (Wildman–Crippen LogP) is 6.57. The second-order valence-corrected chi connectivity index (χ2v) is 8.46. The monoisotopic (exact) mass is 494 g/mol. The Balaban J connectivity index is 1.65. The van der Waals surface area contributed by atoms with Crippen molar-refractivity contribution in [3.05, 3.63) is 63.5 Å². The van der Waals surface area contributed by atoms with Gasteiger partial charge in [-0.3, -0.25) is 0 Å². The molecule has 2 heterocycles. The van der Waals surface area contributed by atoms with Crippen LogP contribution in [0.2, 0.25) is 5.02 Å². The molecule has 0 saturated carbocycles. The minimum absolute atomic E-state index is 0.0312. The molecule has 0 bridgehead atoms. The van der Waals surface area contributed by atoms with Gasteiger partial charge in [-0.2, -0.15) is 13.2 Å². The van der Waals surface area contributed by atoms with Gasteiger partial charge < -0.3 is 14.6 Å². The largest absolute Gasteiger partial charge is 0.422 e. The lowest BCUT2D eigenvalue weighted by atomic mass is 10.1. The van der Waals surface area contributed by atoms with E-state index in [1.165, 1.54) is 0 Å². The van der Waals surface area contributed by atoms with Crippen LogP contribution in [0.5, 0.6) is 0 Å². The van der Waals surface area contributed by atoms with Crippen LogP contribution in [0, 0.1) is 0 Å². The SMILES string of the molecule is CCN(CC)c1ccc2cc(-c3nnc(Nc4cc(C(F)(F)F)ccc4Cl)s3)c(=O)oc2c1. The van der Waals surface area contributed by atoms with Crippen LogP contribution in [0.15, 0.2) is 51.7 Å². The third-order valence-electron chi connectivity index (χ3n) is 5.04. The van der Waals surface area contributed by atoms with Gasteiger partial charge in [-0.15, -0.1) is 10.2 Å². The molecule has 2 aromatic heterocycles. The summed E-state index contributed by atoms with van der Waals surface area (Å²) in [7, 11) is 0. The van der Waals surface area contributed by atoms with Crippen molar-refractivity contribution < 1.29 is 17.6 Å². The molecule has 2 aromatic carbocycles. The van der Waals surface area contributed by atoms with E-state index in [9.17, 15) is 18.0 Å². The van der Waals surface area contributed by atoms with E-state index in [0.29, 0.717) is 11.0 Å². The third kappa shape index (κ3) is 4.81. The highest BCUT2D eigenvalue weighted by Gasteiger charge is 2.31. The molecule has 11 heteroatoms. The fourth-order valence-electron chi connectivity index (χ4n) is 3.33. The van der Waals surface area contributed by atoms with Crippen LogP contribution in [0.1, 0.15) is 19.4 Å². The highest BCUT2D eigenvalue weighted by Crippen LogP contribution is 2.36. The Hall–Kier alpha value is -3.11. The van der Waals surface area contributed by atoms with Crippen molar-refractivity contribution in [2.75, 3.05) is 23.3 Å². The molecule has 0 amide bonds. The molecule has 0 fully saturated rings. The number of rotatable bonds is 6. The Kier molecular flexibility index (Phi) is 6.31. The molecule has 0 radical (unpaired) electrons. The Bertz CT molecular complexity index is 1370. The van der Waals surface area contributed by atoms with Crippen molar-refractivity contribution in [2.24, 2.45) is 0 Å². The molecule has 4 rings (SSSR count). The van der Waals surface area contributed by atoms with Crippen LogP contribution in [0.25, 0.3) is 21.5 Å². The molecule has 0 aliphatic carbocycles. The lowest BCUT2D eigenvalue weighted by Crippen LogP contribution is -2.21. The van der Waals surface area contributed by atoms with Crippen LogP contribution in [-0.4, -0.2) is 23.3 Å². The summed E-state index contributed by atoms with van der Waals surface area (Å²) in [4.78, 5) is 14.8. The van der Waals surface area contributed by atoms with Crippen LogP contribution < -0.4 is 15.8 Å². The number of hydrogen-bond donors (Lipinski definition) is 1. The minimum atomic E-state index is -4.51. The highest BCUT2D eigenvalue weighted by atomic mass is 35.5. The van der Waals surface area contributed by atoms with Crippen molar-refractivity contribution in [3.8, 4) is 10.6 Å². The van der Waals surface area contributed by atoms with Gasteiger partial charge in [0, 0.05) is 30.2 Å². The van der Waals surface area contributed by atoms with E-state index in [1.54, 1.807) is 6.07 Å². The smallest absolute Gasteiger partial charge is 0.416 e. The molecule has 4 aromatic rings. The maximum absolute atomic E-state index is 13.0. The number of aromatic nitrogens is 2. The van der Waals surface area contributed by atoms with E-state index in [0.717, 1.165) is 48.3 Å². The van der Waals surface area contributed by atoms with Crippen molar-refractivity contribution >= 4 is 50.4 Å². The summed E-state index contributed by atoms with van der Waals surface area (Å²) in [5.74, 6) is 0. The summed E-state index contributed by atoms with van der Waals surface area (Å²) < 4.78 is 44.5. The first-order chi connectivity index (χ1) is 15.7. The maximum Gasteiger partial charge on any atom is 0.416 e. The van der Waals surface area contributed by atoms with Crippen molar-refractivity contribution in [2.45, 2.75) is 20.0 Å². The molecule has 1 N–H and O–H groups in total. The minimum Gasteiger partial charge on any atom is -0.422 e. The first-order valence-electron chi connectivity index (χ1n) is 10.00. The Morgan fingerprint density at radius 1 is 1.09 bits per heavy atom. The second kappa shape index (κ2) is 9.03. The van der Waals surface area contributed by atoms with Gasteiger partial charge in [-0.1, -0.05) is 22.9 Å². The average molecular weight is 495 g/mol. The van der Waals surface area contributed by atoms with Gasteiger partial charge in [0.1, 0.15) is 5.58 Å². The molecular weight excluding hydrogens is 477 g/mol. The highest BCUT2D eigenvalue weighted by molar-refractivity contribution is 7.18. The summed E-state index contributed by atoms with van der Waals surface area (Å²) in [6, 6.07) is 10.2. The lowest BCUT2D eigenvalue weighted by Gasteiger charge is -2.20. The first kappa shape index (κ1) is 23.1. The summed E-state index contributed by atoms with van der Waals surface area (Å²) in [5, 5.41) is 11.9. The zero-order valence-electron chi connectivity index (χ0n) is 17.5. The summed E-state index contributed by atoms with van der Waals surface area (Å²) >= 11 is 7.02. The van der Waals surface area contributed by atoms with Crippen LogP contribution in [0.4, 0.5) is 29.7 Å². The van der Waals surface area contributed by atoms with Gasteiger partial charge in [0.05, 0.1) is 21.8 Å². The van der Waals surface area contributed by atoms with Crippen LogP contribution in [-0.2, 0) is 6.18 Å².